The summed E-state index contributed by atoms with van der Waals surface area (Å²) in [5.41, 5.74) is 5.41. The summed E-state index contributed by atoms with van der Waals surface area (Å²) in [6.45, 7) is 2.86. The van der Waals surface area contributed by atoms with E-state index in [1.165, 1.54) is 25.0 Å². The number of aryl methyl sites for hydroxylation is 2. The molecule has 1 amide bonds. The summed E-state index contributed by atoms with van der Waals surface area (Å²) in [7, 11) is 0. The number of rotatable bonds is 5. The maximum atomic E-state index is 13.5. The van der Waals surface area contributed by atoms with Crippen LogP contribution in [0.25, 0.3) is 22.4 Å². The molecule has 0 bridgehead atoms. The summed E-state index contributed by atoms with van der Waals surface area (Å²) in [6, 6.07) is 12.3. The lowest BCUT2D eigenvalue weighted by molar-refractivity contribution is -0.118. The zero-order valence-electron chi connectivity index (χ0n) is 16.2. The third-order valence-electron chi connectivity index (χ3n) is 5.59. The van der Waals surface area contributed by atoms with Crippen LogP contribution in [0.5, 0.6) is 5.75 Å². The van der Waals surface area contributed by atoms with E-state index < -0.39 is 0 Å². The molecule has 0 atom stereocenters. The SMILES string of the molecule is Cc1nn(CCC2CC2)c(-c2ccc(F)cc2)c1-c1ccc2c(c1)NC(=O)CO2. The zero-order valence-corrected chi connectivity index (χ0v) is 16.2. The van der Waals surface area contributed by atoms with Gasteiger partial charge >= 0.3 is 0 Å². The van der Waals surface area contributed by atoms with Crippen molar-refractivity contribution < 1.29 is 13.9 Å². The van der Waals surface area contributed by atoms with Crippen molar-refractivity contribution in [2.24, 2.45) is 5.92 Å². The molecule has 2 aliphatic rings. The number of hydrogen-bond acceptors (Lipinski definition) is 3. The topological polar surface area (TPSA) is 56.2 Å². The Morgan fingerprint density at radius 1 is 1.17 bits per heavy atom. The van der Waals surface area contributed by atoms with Gasteiger partial charge in [0.05, 0.1) is 17.1 Å². The van der Waals surface area contributed by atoms with Crippen LogP contribution in [0.4, 0.5) is 10.1 Å². The summed E-state index contributed by atoms with van der Waals surface area (Å²) in [4.78, 5) is 11.7. The maximum absolute atomic E-state index is 13.5. The second-order valence-corrected chi connectivity index (χ2v) is 7.82. The summed E-state index contributed by atoms with van der Waals surface area (Å²) in [6.07, 6.45) is 3.69. The Hall–Kier alpha value is -3.15. The van der Waals surface area contributed by atoms with E-state index in [0.29, 0.717) is 11.4 Å². The van der Waals surface area contributed by atoms with Gasteiger partial charge < -0.3 is 10.1 Å². The van der Waals surface area contributed by atoms with E-state index in [1.54, 1.807) is 12.1 Å². The maximum Gasteiger partial charge on any atom is 0.262 e. The highest BCUT2D eigenvalue weighted by Crippen LogP contribution is 2.40. The predicted octanol–water partition coefficient (Wildman–Crippen LogP) is 4.80. The molecule has 0 unspecified atom stereocenters. The van der Waals surface area contributed by atoms with Crippen molar-refractivity contribution >= 4 is 11.6 Å². The molecule has 0 radical (unpaired) electrons. The van der Waals surface area contributed by atoms with Crippen molar-refractivity contribution in [2.75, 3.05) is 11.9 Å². The lowest BCUT2D eigenvalue weighted by Crippen LogP contribution is -2.25. The van der Waals surface area contributed by atoms with E-state index in [-0.39, 0.29) is 18.3 Å². The molecule has 2 aromatic carbocycles. The van der Waals surface area contributed by atoms with Crippen molar-refractivity contribution in [3.8, 4) is 28.1 Å². The summed E-state index contributed by atoms with van der Waals surface area (Å²) in [5, 5.41) is 7.69. The van der Waals surface area contributed by atoms with E-state index >= 15 is 0 Å². The molecule has 1 aliphatic carbocycles. The van der Waals surface area contributed by atoms with E-state index in [1.807, 2.05) is 29.8 Å². The van der Waals surface area contributed by atoms with Crippen LogP contribution in [-0.2, 0) is 11.3 Å². The first-order valence-corrected chi connectivity index (χ1v) is 9.99. The number of benzene rings is 2. The number of anilines is 1. The molecule has 5 nitrogen and oxygen atoms in total. The number of nitrogens with zero attached hydrogens (tertiary/aromatic N) is 2. The van der Waals surface area contributed by atoms with Crippen molar-refractivity contribution in [1.82, 2.24) is 9.78 Å². The van der Waals surface area contributed by atoms with Crippen molar-refractivity contribution in [2.45, 2.75) is 32.7 Å². The molecule has 1 aliphatic heterocycles. The number of amides is 1. The Bertz CT molecular complexity index is 1080. The number of halogens is 1. The monoisotopic (exact) mass is 391 g/mol. The average Bonchev–Trinajstić information content (AvgIpc) is 3.48. The Morgan fingerprint density at radius 2 is 1.93 bits per heavy atom. The second-order valence-electron chi connectivity index (χ2n) is 7.82. The quantitative estimate of drug-likeness (QED) is 0.680. The van der Waals surface area contributed by atoms with Crippen molar-refractivity contribution in [3.63, 3.8) is 0 Å². The van der Waals surface area contributed by atoms with Gasteiger partial charge in [-0.2, -0.15) is 5.10 Å². The number of fused-ring (bicyclic) bond motifs is 1. The smallest absolute Gasteiger partial charge is 0.262 e. The summed E-state index contributed by atoms with van der Waals surface area (Å²) < 4.78 is 21.1. The van der Waals surface area contributed by atoms with Gasteiger partial charge in [0.2, 0.25) is 0 Å². The Kier molecular flexibility index (Phi) is 4.34. The molecule has 1 N–H and O–H groups in total. The summed E-state index contributed by atoms with van der Waals surface area (Å²) in [5.74, 6) is 1.03. The number of carbonyl (C=O) groups is 1. The van der Waals surface area contributed by atoms with E-state index in [4.69, 9.17) is 9.84 Å². The fraction of sp³-hybridized carbons (Fsp3) is 0.304. The molecule has 148 valence electrons. The minimum Gasteiger partial charge on any atom is -0.482 e. The van der Waals surface area contributed by atoms with Gasteiger partial charge in [-0.1, -0.05) is 18.9 Å². The molecule has 0 saturated heterocycles. The third-order valence-corrected chi connectivity index (χ3v) is 5.59. The Labute approximate surface area is 168 Å². The Balaban J connectivity index is 1.62. The van der Waals surface area contributed by atoms with Gasteiger partial charge in [0, 0.05) is 17.7 Å². The first-order chi connectivity index (χ1) is 14.1. The van der Waals surface area contributed by atoms with Gasteiger partial charge in [-0.3, -0.25) is 9.48 Å². The third kappa shape index (κ3) is 3.50. The highest BCUT2D eigenvalue weighted by atomic mass is 19.1. The van der Waals surface area contributed by atoms with E-state index in [0.717, 1.165) is 47.0 Å². The van der Waals surface area contributed by atoms with Gasteiger partial charge in [0.15, 0.2) is 6.61 Å². The van der Waals surface area contributed by atoms with Crippen LogP contribution < -0.4 is 10.1 Å². The van der Waals surface area contributed by atoms with Gasteiger partial charge in [0.1, 0.15) is 11.6 Å². The van der Waals surface area contributed by atoms with Crippen LogP contribution in [-0.4, -0.2) is 22.3 Å². The molecule has 29 heavy (non-hydrogen) atoms. The highest BCUT2D eigenvalue weighted by Gasteiger charge is 2.25. The summed E-state index contributed by atoms with van der Waals surface area (Å²) >= 11 is 0. The first kappa shape index (κ1) is 17.9. The van der Waals surface area contributed by atoms with Gasteiger partial charge in [-0.25, -0.2) is 4.39 Å². The van der Waals surface area contributed by atoms with E-state index in [2.05, 4.69) is 5.32 Å². The lowest BCUT2D eigenvalue weighted by atomic mass is 9.98. The predicted molar refractivity (Wildman–Crippen MR) is 109 cm³/mol. The molecule has 6 heteroatoms. The van der Waals surface area contributed by atoms with Crippen LogP contribution in [0.15, 0.2) is 42.5 Å². The van der Waals surface area contributed by atoms with Gasteiger partial charge in [0.25, 0.3) is 5.91 Å². The minimum atomic E-state index is -0.260. The first-order valence-electron chi connectivity index (χ1n) is 9.99. The molecular weight excluding hydrogens is 369 g/mol. The van der Waals surface area contributed by atoms with E-state index in [9.17, 15) is 9.18 Å². The molecular formula is C23H22FN3O2. The fourth-order valence-corrected chi connectivity index (χ4v) is 3.94. The minimum absolute atomic E-state index is 0.0330. The van der Waals surface area contributed by atoms with Crippen LogP contribution in [0, 0.1) is 18.7 Å². The van der Waals surface area contributed by atoms with Gasteiger partial charge in [-0.05, 0) is 61.2 Å². The van der Waals surface area contributed by atoms with Gasteiger partial charge in [-0.15, -0.1) is 0 Å². The highest BCUT2D eigenvalue weighted by molar-refractivity contribution is 5.97. The lowest BCUT2D eigenvalue weighted by Gasteiger charge is -2.19. The number of carbonyl (C=O) groups excluding carboxylic acids is 1. The van der Waals surface area contributed by atoms with Crippen LogP contribution in [0.1, 0.15) is 25.0 Å². The number of nitrogens with one attached hydrogen (secondary N) is 1. The number of hydrogen-bond donors (Lipinski definition) is 1. The van der Waals surface area contributed by atoms with Crippen molar-refractivity contribution in [3.05, 3.63) is 54.0 Å². The molecule has 1 saturated carbocycles. The number of ether oxygens (including phenoxy) is 1. The normalized spacial score (nSPS) is 15.6. The largest absolute Gasteiger partial charge is 0.482 e. The second kappa shape index (κ2) is 7.03. The standard InChI is InChI=1S/C23H22FN3O2/c1-14-22(17-6-9-20-19(12-17)25-21(28)13-29-20)23(16-4-7-18(24)8-5-16)27(26-14)11-10-15-2-3-15/h4-9,12,15H,2-3,10-11,13H2,1H3,(H,25,28). The van der Waals surface area contributed by atoms with Crippen molar-refractivity contribution in [1.29, 1.82) is 0 Å². The average molecular weight is 391 g/mol. The fourth-order valence-electron chi connectivity index (χ4n) is 3.94. The molecule has 0 spiro atoms. The van der Waals surface area contributed by atoms with Crippen LogP contribution in [0.2, 0.25) is 0 Å². The molecule has 1 aromatic heterocycles. The van der Waals surface area contributed by atoms with Crippen LogP contribution in [0.3, 0.4) is 0 Å². The molecule has 1 fully saturated rings. The number of aromatic nitrogens is 2. The van der Waals surface area contributed by atoms with Crippen LogP contribution >= 0.6 is 0 Å². The molecule has 5 rings (SSSR count). The molecule has 3 aromatic rings. The molecule has 2 heterocycles. The zero-order chi connectivity index (χ0) is 20.0. The Morgan fingerprint density at radius 3 is 2.69 bits per heavy atom.